The normalized spacial score (nSPS) is 13.9. The maximum atomic E-state index is 13.4. The first kappa shape index (κ1) is 30.3. The van der Waals surface area contributed by atoms with Crippen LogP contribution in [-0.4, -0.2) is 61.3 Å². The topological polar surface area (TPSA) is 89.2 Å². The van der Waals surface area contributed by atoms with Crippen LogP contribution >= 0.6 is 11.8 Å². The van der Waals surface area contributed by atoms with Crippen LogP contribution in [0.2, 0.25) is 0 Å². The van der Waals surface area contributed by atoms with Crippen molar-refractivity contribution >= 4 is 23.5 Å². The number of thioether (sulfide) groups is 1. The molecule has 5 rings (SSSR count). The fourth-order valence-electron chi connectivity index (χ4n) is 4.85. The molecule has 1 amide bonds. The third-order valence-corrected chi connectivity index (χ3v) is 8.14. The van der Waals surface area contributed by atoms with E-state index < -0.39 is 17.3 Å². The zero-order chi connectivity index (χ0) is 30.7. The Morgan fingerprint density at radius 2 is 1.74 bits per heavy atom. The standard InChI is InChI=1S/C29H29F4N7O2S/c1-19-11-23(29(31,32)33)14-34-26(19)39-9-7-38(8-10-39)25(41)17-40-16-22(12-21-13-35-37(2)15-21)27(42)36-28(40)43-18-20-3-5-24(30)6-4-20/h3-6,11,13-16H,7-10,12,17-18H2,1-2H3. The molecule has 43 heavy (non-hydrogen) atoms. The molecule has 4 heterocycles. The minimum Gasteiger partial charge on any atom is -0.353 e. The highest BCUT2D eigenvalue weighted by Gasteiger charge is 2.32. The van der Waals surface area contributed by atoms with Crippen molar-refractivity contribution in [1.29, 1.82) is 0 Å². The molecule has 0 saturated carbocycles. The number of benzene rings is 1. The van der Waals surface area contributed by atoms with E-state index in [0.29, 0.717) is 60.5 Å². The molecule has 9 nitrogen and oxygen atoms in total. The lowest BCUT2D eigenvalue weighted by Crippen LogP contribution is -2.50. The van der Waals surface area contributed by atoms with Gasteiger partial charge in [-0.15, -0.1) is 0 Å². The number of piperazine rings is 1. The van der Waals surface area contributed by atoms with Gasteiger partial charge in [-0.1, -0.05) is 23.9 Å². The SMILES string of the molecule is Cc1cc(C(F)(F)F)cnc1N1CCN(C(=O)Cn2cc(Cc3cnn(C)c3)c(=O)nc2SCc2ccc(F)cc2)CC1. The van der Waals surface area contributed by atoms with E-state index in [0.717, 1.165) is 23.4 Å². The Hall–Kier alpha value is -4.20. The molecule has 4 aromatic rings. The van der Waals surface area contributed by atoms with Gasteiger partial charge < -0.3 is 14.4 Å². The number of aryl methyl sites for hydroxylation is 2. The minimum atomic E-state index is -4.47. The van der Waals surface area contributed by atoms with Crippen molar-refractivity contribution in [3.8, 4) is 0 Å². The fraction of sp³-hybridized carbons (Fsp3) is 0.345. The quantitative estimate of drug-likeness (QED) is 0.168. The minimum absolute atomic E-state index is 0.0589. The molecule has 0 radical (unpaired) electrons. The number of alkyl halides is 3. The number of anilines is 1. The first-order valence-corrected chi connectivity index (χ1v) is 14.5. The average molecular weight is 616 g/mol. The number of pyridine rings is 1. The summed E-state index contributed by atoms with van der Waals surface area (Å²) in [6.45, 7) is 3.06. The molecule has 1 fully saturated rings. The molecule has 0 atom stereocenters. The van der Waals surface area contributed by atoms with E-state index in [9.17, 15) is 27.2 Å². The Morgan fingerprint density at radius 3 is 2.37 bits per heavy atom. The summed E-state index contributed by atoms with van der Waals surface area (Å²) in [6.07, 6.45) is 1.79. The van der Waals surface area contributed by atoms with Gasteiger partial charge in [-0.05, 0) is 41.8 Å². The number of carbonyl (C=O) groups is 1. The molecule has 0 N–H and O–H groups in total. The maximum absolute atomic E-state index is 13.4. The van der Waals surface area contributed by atoms with E-state index in [1.165, 1.54) is 23.9 Å². The molecule has 1 aliphatic heterocycles. The highest BCUT2D eigenvalue weighted by atomic mass is 32.2. The lowest BCUT2D eigenvalue weighted by atomic mass is 10.1. The number of amides is 1. The number of hydrogen-bond donors (Lipinski definition) is 0. The average Bonchev–Trinajstić information content (AvgIpc) is 3.38. The third kappa shape index (κ3) is 7.42. The summed E-state index contributed by atoms with van der Waals surface area (Å²) in [6, 6.07) is 7.10. The van der Waals surface area contributed by atoms with Gasteiger partial charge in [0.05, 0.1) is 11.8 Å². The first-order chi connectivity index (χ1) is 20.5. The van der Waals surface area contributed by atoms with Crippen molar-refractivity contribution in [2.24, 2.45) is 7.05 Å². The molecule has 0 unspecified atom stereocenters. The number of rotatable bonds is 8. The van der Waals surface area contributed by atoms with Gasteiger partial charge in [0.2, 0.25) is 5.91 Å². The van der Waals surface area contributed by atoms with Crippen LogP contribution in [0, 0.1) is 12.7 Å². The highest BCUT2D eigenvalue weighted by molar-refractivity contribution is 7.98. The van der Waals surface area contributed by atoms with Crippen molar-refractivity contribution in [1.82, 2.24) is 29.2 Å². The van der Waals surface area contributed by atoms with Gasteiger partial charge in [0, 0.05) is 69.6 Å². The second-order valence-corrected chi connectivity index (χ2v) is 11.3. The van der Waals surface area contributed by atoms with Crippen LogP contribution < -0.4 is 10.5 Å². The molecular formula is C29H29F4N7O2S. The van der Waals surface area contributed by atoms with E-state index >= 15 is 0 Å². The molecular weight excluding hydrogens is 586 g/mol. The van der Waals surface area contributed by atoms with Crippen molar-refractivity contribution in [2.75, 3.05) is 31.1 Å². The molecule has 226 valence electrons. The van der Waals surface area contributed by atoms with Gasteiger partial charge in [-0.2, -0.15) is 23.3 Å². The van der Waals surface area contributed by atoms with E-state index in [1.54, 1.807) is 58.8 Å². The molecule has 14 heteroatoms. The summed E-state index contributed by atoms with van der Waals surface area (Å²) >= 11 is 1.28. The molecule has 3 aromatic heterocycles. The smallest absolute Gasteiger partial charge is 0.353 e. The van der Waals surface area contributed by atoms with Crippen molar-refractivity contribution in [3.63, 3.8) is 0 Å². The van der Waals surface area contributed by atoms with Gasteiger partial charge in [0.15, 0.2) is 5.16 Å². The Morgan fingerprint density at radius 1 is 1.02 bits per heavy atom. The molecule has 0 spiro atoms. The zero-order valence-corrected chi connectivity index (χ0v) is 24.3. The number of halogens is 4. The lowest BCUT2D eigenvalue weighted by Gasteiger charge is -2.36. The summed E-state index contributed by atoms with van der Waals surface area (Å²) in [4.78, 5) is 38.3. The second-order valence-electron chi connectivity index (χ2n) is 10.3. The fourth-order valence-corrected chi connectivity index (χ4v) is 5.77. The monoisotopic (exact) mass is 615 g/mol. The second kappa shape index (κ2) is 12.6. The van der Waals surface area contributed by atoms with Crippen LogP contribution in [0.1, 0.15) is 27.8 Å². The Labute approximate surface area is 249 Å². The Kier molecular flexibility index (Phi) is 8.85. The highest BCUT2D eigenvalue weighted by Crippen LogP contribution is 2.31. The molecule has 1 aromatic carbocycles. The summed E-state index contributed by atoms with van der Waals surface area (Å²) in [5, 5.41) is 4.51. The van der Waals surface area contributed by atoms with Crippen molar-refractivity contribution < 1.29 is 22.4 Å². The van der Waals surface area contributed by atoms with E-state index in [2.05, 4.69) is 15.1 Å². The van der Waals surface area contributed by atoms with Crippen LogP contribution in [0.25, 0.3) is 0 Å². The van der Waals surface area contributed by atoms with E-state index in [1.807, 2.05) is 4.90 Å². The van der Waals surface area contributed by atoms with Gasteiger partial charge in [-0.25, -0.2) is 9.37 Å². The molecule has 0 aliphatic carbocycles. The third-order valence-electron chi connectivity index (χ3n) is 7.08. The van der Waals surface area contributed by atoms with Crippen molar-refractivity contribution in [3.05, 3.63) is 99.1 Å². The number of hydrogen-bond acceptors (Lipinski definition) is 7. The Balaban J connectivity index is 1.30. The predicted octanol–water partition coefficient (Wildman–Crippen LogP) is 4.07. The van der Waals surface area contributed by atoms with E-state index in [-0.39, 0.29) is 18.3 Å². The molecule has 1 aliphatic rings. The first-order valence-electron chi connectivity index (χ1n) is 13.5. The van der Waals surface area contributed by atoms with E-state index in [4.69, 9.17) is 0 Å². The van der Waals surface area contributed by atoms with Crippen LogP contribution in [0.3, 0.4) is 0 Å². The Bertz CT molecular complexity index is 1660. The van der Waals surface area contributed by atoms with Crippen LogP contribution in [0.5, 0.6) is 0 Å². The number of carbonyl (C=O) groups excluding carboxylic acids is 1. The summed E-state index contributed by atoms with van der Waals surface area (Å²) < 4.78 is 55.8. The van der Waals surface area contributed by atoms with Crippen molar-refractivity contribution in [2.45, 2.75) is 37.0 Å². The molecule has 1 saturated heterocycles. The summed E-state index contributed by atoms with van der Waals surface area (Å²) in [5.41, 5.74) is 1.30. The van der Waals surface area contributed by atoms with Crippen LogP contribution in [-0.2, 0) is 36.7 Å². The van der Waals surface area contributed by atoms with Gasteiger partial charge in [-0.3, -0.25) is 14.3 Å². The van der Waals surface area contributed by atoms with Crippen LogP contribution in [0.15, 0.2) is 65.1 Å². The lowest BCUT2D eigenvalue weighted by molar-refractivity contribution is -0.138. The van der Waals surface area contributed by atoms with Gasteiger partial charge in [0.1, 0.15) is 18.2 Å². The number of nitrogens with zero attached hydrogens (tertiary/aromatic N) is 7. The predicted molar refractivity (Wildman–Crippen MR) is 153 cm³/mol. The largest absolute Gasteiger partial charge is 0.417 e. The van der Waals surface area contributed by atoms with Gasteiger partial charge in [0.25, 0.3) is 5.56 Å². The number of aromatic nitrogens is 5. The zero-order valence-electron chi connectivity index (χ0n) is 23.5. The summed E-state index contributed by atoms with van der Waals surface area (Å²) in [5.74, 6) is 0.349. The molecule has 0 bridgehead atoms. The van der Waals surface area contributed by atoms with Gasteiger partial charge >= 0.3 is 6.18 Å². The maximum Gasteiger partial charge on any atom is 0.417 e. The van der Waals surface area contributed by atoms with Crippen LogP contribution in [0.4, 0.5) is 23.4 Å². The summed E-state index contributed by atoms with van der Waals surface area (Å²) in [7, 11) is 1.78.